The maximum Gasteiger partial charge on any atom is 0.328 e. The summed E-state index contributed by atoms with van der Waals surface area (Å²) in [6.07, 6.45) is 3.08. The van der Waals surface area contributed by atoms with Gasteiger partial charge >= 0.3 is 6.01 Å². The lowest BCUT2D eigenvalue weighted by molar-refractivity contribution is 0.104. The molecule has 1 heterocycles. The summed E-state index contributed by atoms with van der Waals surface area (Å²) < 4.78 is 40.8. The molecule has 0 saturated heterocycles. The number of ether oxygens (including phenoxy) is 5. The lowest BCUT2D eigenvalue weighted by Crippen LogP contribution is -2.15. The van der Waals surface area contributed by atoms with E-state index in [1.54, 1.807) is 67.5 Å². The minimum atomic E-state index is -0.356. The average Bonchev–Trinajstić information content (AvgIpc) is 3.00. The molecule has 0 aliphatic carbocycles. The number of nitrogens with zero attached hydrogens (tertiary/aromatic N) is 4. The summed E-state index contributed by atoms with van der Waals surface area (Å²) in [7, 11) is 9.52. The summed E-state index contributed by atoms with van der Waals surface area (Å²) in [6, 6.07) is 14.1. The number of hydrogen-bond acceptors (Lipinski definition) is 11. The predicted molar refractivity (Wildman–Crippen MR) is 156 cm³/mol. The number of anilines is 3. The third-order valence-corrected chi connectivity index (χ3v) is 5.87. The van der Waals surface area contributed by atoms with Crippen LogP contribution >= 0.6 is 0 Å². The van der Waals surface area contributed by atoms with E-state index in [1.165, 1.54) is 46.6 Å². The Morgan fingerprint density at radius 2 is 1.48 bits per heavy atom. The van der Waals surface area contributed by atoms with E-state index in [9.17, 15) is 9.18 Å². The molecule has 1 aromatic heterocycles. The van der Waals surface area contributed by atoms with Crippen LogP contribution in [-0.4, -0.2) is 63.3 Å². The fourth-order valence-electron chi connectivity index (χ4n) is 3.77. The molecule has 0 amide bonds. The first-order valence-corrected chi connectivity index (χ1v) is 12.6. The highest BCUT2D eigenvalue weighted by Crippen LogP contribution is 2.38. The molecule has 4 rings (SSSR count). The minimum Gasteiger partial charge on any atom is -0.493 e. The summed E-state index contributed by atoms with van der Waals surface area (Å²) in [5.41, 5.74) is 1.64. The van der Waals surface area contributed by atoms with Crippen LogP contribution in [-0.2, 0) is 0 Å². The zero-order chi connectivity index (χ0) is 30.2. The van der Waals surface area contributed by atoms with E-state index in [0.717, 1.165) is 0 Å². The number of aromatic nitrogens is 3. The lowest BCUT2D eigenvalue weighted by Gasteiger charge is -2.15. The van der Waals surface area contributed by atoms with E-state index in [2.05, 4.69) is 20.3 Å². The third kappa shape index (κ3) is 7.02. The molecule has 0 bridgehead atoms. The number of methoxy groups -OCH3 is 4. The van der Waals surface area contributed by atoms with Crippen molar-refractivity contribution in [1.82, 2.24) is 15.0 Å². The standard InChI is InChI=1S/C30H30FN5O6/c1-36(2)29-33-28(32-21-11-9-20(31)10-12-21)34-30(35-29)42-23-14-8-18(15-24(23)38-3)7-13-22(37)19-16-25(39-4)27(41-6)26(17-19)40-5/h7-17H,1-6H3,(H,32,33,34,35)/b13-7+. The zero-order valence-electron chi connectivity index (χ0n) is 24.0. The van der Waals surface area contributed by atoms with Crippen LogP contribution in [0.5, 0.6) is 34.8 Å². The zero-order valence-corrected chi connectivity index (χ0v) is 24.0. The molecule has 0 radical (unpaired) electrons. The average molecular weight is 576 g/mol. The summed E-state index contributed by atoms with van der Waals surface area (Å²) in [5.74, 6) is 1.81. The van der Waals surface area contributed by atoms with E-state index in [4.69, 9.17) is 23.7 Å². The first-order chi connectivity index (χ1) is 20.2. The lowest BCUT2D eigenvalue weighted by atomic mass is 10.1. The maximum absolute atomic E-state index is 13.3. The number of benzene rings is 3. The Bertz CT molecular complexity index is 1570. The fraction of sp³-hybridized carbons (Fsp3) is 0.200. The molecule has 0 aliphatic heterocycles. The Balaban J connectivity index is 1.56. The van der Waals surface area contributed by atoms with Crippen LogP contribution in [0.25, 0.3) is 6.08 Å². The van der Waals surface area contributed by atoms with Gasteiger partial charge in [0.1, 0.15) is 5.82 Å². The quantitative estimate of drug-likeness (QED) is 0.169. The van der Waals surface area contributed by atoms with Crippen LogP contribution in [0.1, 0.15) is 15.9 Å². The number of hydrogen-bond donors (Lipinski definition) is 1. The third-order valence-electron chi connectivity index (χ3n) is 5.87. The smallest absolute Gasteiger partial charge is 0.328 e. The van der Waals surface area contributed by atoms with Crippen LogP contribution in [0.4, 0.5) is 22.0 Å². The number of halogens is 1. The number of carbonyl (C=O) groups excluding carboxylic acids is 1. The second kappa shape index (κ2) is 13.3. The monoisotopic (exact) mass is 575 g/mol. The molecule has 0 fully saturated rings. The van der Waals surface area contributed by atoms with Gasteiger partial charge < -0.3 is 33.9 Å². The molecular weight excluding hydrogens is 545 g/mol. The minimum absolute atomic E-state index is 0.0116. The Morgan fingerprint density at radius 3 is 2.07 bits per heavy atom. The molecule has 0 unspecified atom stereocenters. The summed E-state index contributed by atoms with van der Waals surface area (Å²) in [6.45, 7) is 0. The predicted octanol–water partition coefficient (Wildman–Crippen LogP) is 5.54. The van der Waals surface area contributed by atoms with Gasteiger partial charge in [0.25, 0.3) is 0 Å². The van der Waals surface area contributed by atoms with Crippen LogP contribution in [0.15, 0.2) is 60.7 Å². The van der Waals surface area contributed by atoms with E-state index in [0.29, 0.717) is 51.5 Å². The van der Waals surface area contributed by atoms with Gasteiger partial charge in [-0.1, -0.05) is 12.1 Å². The topological polar surface area (TPSA) is 117 Å². The Labute approximate surface area is 242 Å². The molecule has 42 heavy (non-hydrogen) atoms. The van der Waals surface area contributed by atoms with Gasteiger partial charge in [-0.3, -0.25) is 4.79 Å². The van der Waals surface area contributed by atoms with Crippen molar-refractivity contribution < 1.29 is 32.9 Å². The number of carbonyl (C=O) groups is 1. The van der Waals surface area contributed by atoms with Gasteiger partial charge in [0, 0.05) is 25.3 Å². The van der Waals surface area contributed by atoms with Crippen molar-refractivity contribution in [3.63, 3.8) is 0 Å². The molecule has 11 nitrogen and oxygen atoms in total. The number of allylic oxidation sites excluding steroid dienone is 1. The van der Waals surface area contributed by atoms with E-state index >= 15 is 0 Å². The van der Waals surface area contributed by atoms with Gasteiger partial charge in [0.05, 0.1) is 28.4 Å². The van der Waals surface area contributed by atoms with Crippen molar-refractivity contribution in [2.24, 2.45) is 0 Å². The van der Waals surface area contributed by atoms with Gasteiger partial charge in [0.2, 0.25) is 17.6 Å². The van der Waals surface area contributed by atoms with Crippen LogP contribution < -0.4 is 33.9 Å². The second-order valence-corrected chi connectivity index (χ2v) is 8.89. The van der Waals surface area contributed by atoms with Gasteiger partial charge in [-0.25, -0.2) is 4.39 Å². The number of rotatable bonds is 12. The summed E-state index contributed by atoms with van der Waals surface area (Å²) >= 11 is 0. The van der Waals surface area contributed by atoms with Gasteiger partial charge in [-0.15, -0.1) is 0 Å². The molecule has 0 saturated carbocycles. The molecule has 0 atom stereocenters. The molecular formula is C30H30FN5O6. The molecule has 1 N–H and O–H groups in total. The van der Waals surface area contributed by atoms with Gasteiger partial charge in [-0.2, -0.15) is 15.0 Å². The number of nitrogens with one attached hydrogen (secondary N) is 1. The Kier molecular flexibility index (Phi) is 9.38. The first-order valence-electron chi connectivity index (χ1n) is 12.6. The number of ketones is 1. The van der Waals surface area contributed by atoms with Crippen molar-refractivity contribution in [3.05, 3.63) is 77.6 Å². The first kappa shape index (κ1) is 29.6. The van der Waals surface area contributed by atoms with Gasteiger partial charge in [-0.05, 0) is 60.2 Å². The van der Waals surface area contributed by atoms with E-state index in [-0.39, 0.29) is 23.6 Å². The van der Waals surface area contributed by atoms with Crippen molar-refractivity contribution in [2.45, 2.75) is 0 Å². The van der Waals surface area contributed by atoms with Gasteiger partial charge in [0.15, 0.2) is 28.8 Å². The van der Waals surface area contributed by atoms with Crippen LogP contribution in [0.2, 0.25) is 0 Å². The van der Waals surface area contributed by atoms with Crippen molar-refractivity contribution >= 4 is 29.4 Å². The van der Waals surface area contributed by atoms with Crippen LogP contribution in [0.3, 0.4) is 0 Å². The molecule has 12 heteroatoms. The molecule has 3 aromatic carbocycles. The Hall–Kier alpha value is -5.39. The highest BCUT2D eigenvalue weighted by molar-refractivity contribution is 6.07. The highest BCUT2D eigenvalue weighted by Gasteiger charge is 2.17. The largest absolute Gasteiger partial charge is 0.493 e. The molecule has 0 aliphatic rings. The van der Waals surface area contributed by atoms with E-state index < -0.39 is 0 Å². The SMILES string of the molecule is COc1cc(/C=C/C(=O)c2cc(OC)c(OC)c(OC)c2)ccc1Oc1nc(Nc2ccc(F)cc2)nc(N(C)C)n1. The fourth-order valence-corrected chi connectivity index (χ4v) is 3.77. The van der Waals surface area contributed by atoms with E-state index in [1.807, 2.05) is 0 Å². The maximum atomic E-state index is 13.3. The van der Waals surface area contributed by atoms with Crippen molar-refractivity contribution in [3.8, 4) is 34.8 Å². The highest BCUT2D eigenvalue weighted by atomic mass is 19.1. The Morgan fingerprint density at radius 1 is 0.810 bits per heavy atom. The normalized spacial score (nSPS) is 10.7. The second-order valence-electron chi connectivity index (χ2n) is 8.89. The molecule has 218 valence electrons. The van der Waals surface area contributed by atoms with Crippen molar-refractivity contribution in [2.75, 3.05) is 52.8 Å². The van der Waals surface area contributed by atoms with Crippen LogP contribution in [0, 0.1) is 5.82 Å². The molecule has 0 spiro atoms. The summed E-state index contributed by atoms with van der Waals surface area (Å²) in [4.78, 5) is 27.7. The van der Waals surface area contributed by atoms with Crippen molar-refractivity contribution in [1.29, 1.82) is 0 Å². The summed E-state index contributed by atoms with van der Waals surface area (Å²) in [5, 5.41) is 3.02. The molecule has 4 aromatic rings.